The molecule has 23 heavy (non-hydrogen) atoms. The molecule has 0 atom stereocenters. The number of hydrogen-bond acceptors (Lipinski definition) is 3. The van der Waals surface area contributed by atoms with E-state index >= 15 is 0 Å². The topological polar surface area (TPSA) is 41.6 Å². The smallest absolute Gasteiger partial charge is 0.251 e. The van der Waals surface area contributed by atoms with E-state index in [1.165, 1.54) is 11.1 Å². The van der Waals surface area contributed by atoms with Crippen molar-refractivity contribution in [1.82, 2.24) is 5.32 Å². The number of hydrogen-bond donors (Lipinski definition) is 1. The molecule has 0 saturated carbocycles. The molecule has 0 unspecified atom stereocenters. The van der Waals surface area contributed by atoms with Crippen LogP contribution in [0.5, 0.6) is 0 Å². The monoisotopic (exact) mass is 310 g/mol. The number of carbonyl (C=O) groups is 1. The molecule has 0 fully saturated rings. The first-order valence-corrected chi connectivity index (χ1v) is 7.97. The van der Waals surface area contributed by atoms with E-state index in [9.17, 15) is 4.79 Å². The van der Waals surface area contributed by atoms with E-state index in [1.54, 1.807) is 7.11 Å². The van der Waals surface area contributed by atoms with Gasteiger partial charge in [-0.05, 0) is 41.8 Å². The fourth-order valence-electron chi connectivity index (χ4n) is 2.91. The molecular weight excluding hydrogens is 288 g/mol. The zero-order chi connectivity index (χ0) is 16.1. The van der Waals surface area contributed by atoms with Gasteiger partial charge in [-0.3, -0.25) is 4.79 Å². The number of carbonyl (C=O) groups excluding carboxylic acids is 1. The van der Waals surface area contributed by atoms with Crippen molar-refractivity contribution >= 4 is 11.6 Å². The third-order valence-electron chi connectivity index (χ3n) is 4.22. The van der Waals surface area contributed by atoms with Gasteiger partial charge in [0.1, 0.15) is 0 Å². The molecule has 120 valence electrons. The van der Waals surface area contributed by atoms with Gasteiger partial charge in [0.05, 0.1) is 6.61 Å². The van der Waals surface area contributed by atoms with Crippen LogP contribution in [-0.2, 0) is 17.7 Å². The molecule has 0 aliphatic carbocycles. The first kappa shape index (κ1) is 15.6. The molecule has 1 heterocycles. The van der Waals surface area contributed by atoms with Crippen LogP contribution in [0.25, 0.3) is 0 Å². The van der Waals surface area contributed by atoms with E-state index in [0.717, 1.165) is 25.2 Å². The molecule has 0 radical (unpaired) electrons. The van der Waals surface area contributed by atoms with Crippen LogP contribution in [0, 0.1) is 0 Å². The zero-order valence-corrected chi connectivity index (χ0v) is 13.4. The Kier molecular flexibility index (Phi) is 4.93. The average molecular weight is 310 g/mol. The van der Waals surface area contributed by atoms with Gasteiger partial charge in [-0.1, -0.05) is 24.3 Å². The van der Waals surface area contributed by atoms with Crippen LogP contribution in [0.15, 0.2) is 48.5 Å². The van der Waals surface area contributed by atoms with Crippen molar-refractivity contribution in [1.29, 1.82) is 0 Å². The van der Waals surface area contributed by atoms with E-state index in [4.69, 9.17) is 4.74 Å². The predicted molar refractivity (Wildman–Crippen MR) is 91.8 cm³/mol. The van der Waals surface area contributed by atoms with Crippen LogP contribution >= 0.6 is 0 Å². The molecule has 3 rings (SSSR count). The number of methoxy groups -OCH3 is 1. The average Bonchev–Trinajstić information content (AvgIpc) is 2.61. The minimum atomic E-state index is -0.0578. The van der Waals surface area contributed by atoms with Crippen molar-refractivity contribution in [2.24, 2.45) is 0 Å². The van der Waals surface area contributed by atoms with Crippen molar-refractivity contribution < 1.29 is 9.53 Å². The Balaban J connectivity index is 1.65. The molecule has 1 aliphatic rings. The predicted octanol–water partition coefficient (Wildman–Crippen LogP) is 2.63. The number of nitrogens with one attached hydrogen (secondary N) is 1. The van der Waals surface area contributed by atoms with Crippen molar-refractivity contribution in [2.45, 2.75) is 13.0 Å². The highest BCUT2D eigenvalue weighted by atomic mass is 16.5. The van der Waals surface area contributed by atoms with E-state index in [-0.39, 0.29) is 5.91 Å². The molecule has 2 aromatic carbocycles. The highest BCUT2D eigenvalue weighted by Crippen LogP contribution is 2.24. The molecule has 1 amide bonds. The summed E-state index contributed by atoms with van der Waals surface area (Å²) in [4.78, 5) is 14.3. The van der Waals surface area contributed by atoms with E-state index < -0.39 is 0 Å². The van der Waals surface area contributed by atoms with E-state index in [2.05, 4.69) is 34.5 Å². The second kappa shape index (κ2) is 7.29. The van der Waals surface area contributed by atoms with Gasteiger partial charge in [-0.15, -0.1) is 0 Å². The Labute approximate surface area is 137 Å². The van der Waals surface area contributed by atoms with Crippen LogP contribution in [0.3, 0.4) is 0 Å². The number of benzene rings is 2. The number of rotatable bonds is 5. The molecule has 1 N–H and O–H groups in total. The van der Waals surface area contributed by atoms with Gasteiger partial charge >= 0.3 is 0 Å². The lowest BCUT2D eigenvalue weighted by Crippen LogP contribution is -2.30. The van der Waals surface area contributed by atoms with Crippen molar-refractivity contribution in [3.05, 3.63) is 65.2 Å². The van der Waals surface area contributed by atoms with Crippen LogP contribution < -0.4 is 10.2 Å². The third kappa shape index (κ3) is 3.71. The Morgan fingerprint density at radius 3 is 2.61 bits per heavy atom. The second-order valence-electron chi connectivity index (χ2n) is 5.74. The largest absolute Gasteiger partial charge is 0.383 e. The number of fused-ring (bicyclic) bond motifs is 1. The van der Waals surface area contributed by atoms with Crippen molar-refractivity contribution in [3.8, 4) is 0 Å². The maximum absolute atomic E-state index is 12.0. The SMILES string of the molecule is COCCNC(=O)c1ccc(N2CCc3ccccc3C2)cc1. The minimum absolute atomic E-state index is 0.0578. The molecular formula is C19H22N2O2. The molecule has 0 spiro atoms. The highest BCUT2D eigenvalue weighted by Gasteiger charge is 2.16. The lowest BCUT2D eigenvalue weighted by Gasteiger charge is -2.30. The second-order valence-corrected chi connectivity index (χ2v) is 5.74. The summed E-state index contributed by atoms with van der Waals surface area (Å²) in [5.74, 6) is -0.0578. The van der Waals surface area contributed by atoms with Crippen LogP contribution in [-0.4, -0.2) is 32.7 Å². The molecule has 4 nitrogen and oxygen atoms in total. The standard InChI is InChI=1S/C19H22N2O2/c1-23-13-11-20-19(22)16-6-8-18(9-7-16)21-12-10-15-4-2-3-5-17(15)14-21/h2-9H,10-14H2,1H3,(H,20,22). The maximum atomic E-state index is 12.0. The Hall–Kier alpha value is -2.33. The number of nitrogens with zero attached hydrogens (tertiary/aromatic N) is 1. The molecule has 0 bridgehead atoms. The minimum Gasteiger partial charge on any atom is -0.383 e. The van der Waals surface area contributed by atoms with Crippen molar-refractivity contribution in [2.75, 3.05) is 31.7 Å². The van der Waals surface area contributed by atoms with Gasteiger partial charge in [0.25, 0.3) is 5.91 Å². The first-order valence-electron chi connectivity index (χ1n) is 7.97. The highest BCUT2D eigenvalue weighted by molar-refractivity contribution is 5.94. The fraction of sp³-hybridized carbons (Fsp3) is 0.316. The summed E-state index contributed by atoms with van der Waals surface area (Å²) in [6, 6.07) is 16.4. The number of anilines is 1. The zero-order valence-electron chi connectivity index (χ0n) is 13.4. The van der Waals surface area contributed by atoms with Crippen LogP contribution in [0.2, 0.25) is 0 Å². The number of ether oxygens (including phenoxy) is 1. The number of amides is 1. The van der Waals surface area contributed by atoms with Gasteiger partial charge in [0.15, 0.2) is 0 Å². The molecule has 2 aromatic rings. The summed E-state index contributed by atoms with van der Waals surface area (Å²) in [6.45, 7) is 2.99. The third-order valence-corrected chi connectivity index (χ3v) is 4.22. The van der Waals surface area contributed by atoms with E-state index in [0.29, 0.717) is 18.7 Å². The Bertz CT molecular complexity index is 667. The molecule has 4 heteroatoms. The normalized spacial score (nSPS) is 13.5. The Morgan fingerprint density at radius 1 is 1.13 bits per heavy atom. The molecule has 0 aromatic heterocycles. The summed E-state index contributed by atoms with van der Waals surface area (Å²) in [5, 5.41) is 2.83. The summed E-state index contributed by atoms with van der Waals surface area (Å²) >= 11 is 0. The van der Waals surface area contributed by atoms with Crippen LogP contribution in [0.1, 0.15) is 21.5 Å². The van der Waals surface area contributed by atoms with Gasteiger partial charge in [-0.2, -0.15) is 0 Å². The van der Waals surface area contributed by atoms with E-state index in [1.807, 2.05) is 24.3 Å². The molecule has 0 saturated heterocycles. The van der Waals surface area contributed by atoms with Gasteiger partial charge in [0, 0.05) is 38.0 Å². The maximum Gasteiger partial charge on any atom is 0.251 e. The van der Waals surface area contributed by atoms with Gasteiger partial charge in [-0.25, -0.2) is 0 Å². The van der Waals surface area contributed by atoms with Gasteiger partial charge in [0.2, 0.25) is 0 Å². The lowest BCUT2D eigenvalue weighted by atomic mass is 9.99. The van der Waals surface area contributed by atoms with Crippen molar-refractivity contribution in [3.63, 3.8) is 0 Å². The first-order chi connectivity index (χ1) is 11.3. The molecule has 1 aliphatic heterocycles. The summed E-state index contributed by atoms with van der Waals surface area (Å²) in [5.41, 5.74) is 4.67. The summed E-state index contributed by atoms with van der Waals surface area (Å²) < 4.78 is 4.93. The Morgan fingerprint density at radius 2 is 1.87 bits per heavy atom. The van der Waals surface area contributed by atoms with Crippen LogP contribution in [0.4, 0.5) is 5.69 Å². The summed E-state index contributed by atoms with van der Waals surface area (Å²) in [6.07, 6.45) is 1.06. The summed E-state index contributed by atoms with van der Waals surface area (Å²) in [7, 11) is 1.62. The van der Waals surface area contributed by atoms with Gasteiger partial charge < -0.3 is 15.0 Å². The quantitative estimate of drug-likeness (QED) is 0.863. The fourth-order valence-corrected chi connectivity index (χ4v) is 2.91. The lowest BCUT2D eigenvalue weighted by molar-refractivity contribution is 0.0937.